The average Bonchev–Trinajstić information content (AvgIpc) is 2.37. The zero-order valence-corrected chi connectivity index (χ0v) is 12.6. The van der Waals surface area contributed by atoms with Crippen LogP contribution in [0.1, 0.15) is 30.1 Å². The topological polar surface area (TPSA) is 83.7 Å². The quantitative estimate of drug-likeness (QED) is 0.660. The number of halogens is 1. The van der Waals surface area contributed by atoms with Crippen LogP contribution in [0.3, 0.4) is 0 Å². The van der Waals surface area contributed by atoms with Crippen molar-refractivity contribution in [2.75, 3.05) is 13.1 Å². The highest BCUT2D eigenvalue weighted by Gasteiger charge is 2.32. The van der Waals surface area contributed by atoms with E-state index in [0.717, 1.165) is 0 Å². The van der Waals surface area contributed by atoms with Crippen LogP contribution in [-0.2, 0) is 0 Å². The average molecular weight is 343 g/mol. The third-order valence-corrected chi connectivity index (χ3v) is 4.04. The third-order valence-electron chi connectivity index (χ3n) is 3.35. The summed E-state index contributed by atoms with van der Waals surface area (Å²) in [6, 6.07) is 4.09. The van der Waals surface area contributed by atoms with Crippen molar-refractivity contribution in [3.05, 3.63) is 38.3 Å². The molecule has 20 heavy (non-hydrogen) atoms. The molecule has 1 aliphatic rings. The number of hydrogen-bond acceptors (Lipinski definition) is 4. The van der Waals surface area contributed by atoms with Gasteiger partial charge in [-0.05, 0) is 41.8 Å². The molecule has 0 saturated carbocycles. The maximum atomic E-state index is 12.4. The second-order valence-electron chi connectivity index (χ2n) is 5.25. The number of hydrogen-bond donors (Lipinski definition) is 1. The van der Waals surface area contributed by atoms with Crippen molar-refractivity contribution in [1.29, 1.82) is 0 Å². The number of β-amino-alcohol motifs (C(OH)–C–C–N with tert-alkyl or cyclic N) is 1. The molecule has 0 spiro atoms. The Labute approximate surface area is 124 Å². The number of likely N-dealkylation sites (tertiary alicyclic amines) is 1. The first kappa shape index (κ1) is 14.9. The molecular formula is C13H15BrN2O4. The van der Waals surface area contributed by atoms with Gasteiger partial charge >= 0.3 is 0 Å². The second kappa shape index (κ2) is 5.49. The molecule has 6 nitrogen and oxygen atoms in total. The predicted octanol–water partition coefficient (Wildman–Crippen LogP) is 2.34. The van der Waals surface area contributed by atoms with Gasteiger partial charge in [-0.15, -0.1) is 0 Å². The van der Waals surface area contributed by atoms with Gasteiger partial charge in [0.05, 0.1) is 16.1 Å². The van der Waals surface area contributed by atoms with Crippen molar-refractivity contribution in [2.24, 2.45) is 0 Å². The van der Waals surface area contributed by atoms with Gasteiger partial charge in [0, 0.05) is 29.7 Å². The van der Waals surface area contributed by atoms with Crippen LogP contribution in [0.15, 0.2) is 22.7 Å². The summed E-state index contributed by atoms with van der Waals surface area (Å²) >= 11 is 3.24. The number of non-ortho nitro benzene ring substituents is 1. The summed E-state index contributed by atoms with van der Waals surface area (Å²) < 4.78 is 0.512. The summed E-state index contributed by atoms with van der Waals surface area (Å²) in [5.41, 5.74) is -0.779. The molecule has 1 amide bonds. The molecule has 0 radical (unpaired) electrons. The van der Waals surface area contributed by atoms with Crippen LogP contribution < -0.4 is 0 Å². The smallest absolute Gasteiger partial charge is 0.270 e. The summed E-state index contributed by atoms with van der Waals surface area (Å²) in [6.45, 7) is 2.47. The number of amides is 1. The number of carbonyl (C=O) groups is 1. The molecule has 0 bridgehead atoms. The van der Waals surface area contributed by atoms with Crippen LogP contribution in [0.5, 0.6) is 0 Å². The van der Waals surface area contributed by atoms with Crippen molar-refractivity contribution in [3.8, 4) is 0 Å². The van der Waals surface area contributed by atoms with Gasteiger partial charge in [0.1, 0.15) is 0 Å². The van der Waals surface area contributed by atoms with E-state index in [9.17, 15) is 20.0 Å². The fraction of sp³-hybridized carbons (Fsp3) is 0.462. The van der Waals surface area contributed by atoms with Crippen LogP contribution >= 0.6 is 15.9 Å². The Kier molecular flexibility index (Phi) is 4.10. The SMILES string of the molecule is CC1(O)CCCN(C(=O)c2cc([N+](=O)[O-])ccc2Br)C1. The highest BCUT2D eigenvalue weighted by atomic mass is 79.9. The molecule has 1 saturated heterocycles. The normalized spacial score (nSPS) is 22.6. The number of aliphatic hydroxyl groups is 1. The van der Waals surface area contributed by atoms with E-state index in [1.165, 1.54) is 23.1 Å². The molecule has 1 aromatic carbocycles. The number of carbonyl (C=O) groups excluding carboxylic acids is 1. The van der Waals surface area contributed by atoms with E-state index in [-0.39, 0.29) is 23.7 Å². The van der Waals surface area contributed by atoms with E-state index in [1.54, 1.807) is 6.92 Å². The fourth-order valence-electron chi connectivity index (χ4n) is 2.35. The number of piperidine rings is 1. The predicted molar refractivity (Wildman–Crippen MR) is 76.6 cm³/mol. The number of nitrogens with zero attached hydrogens (tertiary/aromatic N) is 2. The van der Waals surface area contributed by atoms with E-state index in [4.69, 9.17) is 0 Å². The summed E-state index contributed by atoms with van der Waals surface area (Å²) in [4.78, 5) is 24.2. The van der Waals surface area contributed by atoms with Crippen LogP contribution in [0, 0.1) is 10.1 Å². The van der Waals surface area contributed by atoms with E-state index in [0.29, 0.717) is 23.9 Å². The van der Waals surface area contributed by atoms with Gasteiger partial charge in [-0.2, -0.15) is 0 Å². The summed E-state index contributed by atoms with van der Waals surface area (Å²) in [6.07, 6.45) is 1.36. The third kappa shape index (κ3) is 3.16. The Morgan fingerprint density at radius 3 is 2.85 bits per heavy atom. The first-order valence-electron chi connectivity index (χ1n) is 6.26. The molecule has 1 aliphatic heterocycles. The van der Waals surface area contributed by atoms with Gasteiger partial charge in [0.25, 0.3) is 11.6 Å². The van der Waals surface area contributed by atoms with Crippen molar-refractivity contribution >= 4 is 27.5 Å². The second-order valence-corrected chi connectivity index (χ2v) is 6.10. The molecule has 1 heterocycles. The minimum absolute atomic E-state index is 0.125. The Morgan fingerprint density at radius 1 is 1.55 bits per heavy atom. The van der Waals surface area contributed by atoms with Crippen molar-refractivity contribution in [3.63, 3.8) is 0 Å². The lowest BCUT2D eigenvalue weighted by Crippen LogP contribution is -2.48. The largest absolute Gasteiger partial charge is 0.388 e. The maximum absolute atomic E-state index is 12.4. The lowest BCUT2D eigenvalue weighted by molar-refractivity contribution is -0.384. The van der Waals surface area contributed by atoms with Crippen LogP contribution in [-0.4, -0.2) is 39.5 Å². The maximum Gasteiger partial charge on any atom is 0.270 e. The van der Waals surface area contributed by atoms with Gasteiger partial charge in [-0.25, -0.2) is 0 Å². The number of nitro benzene ring substituents is 1. The first-order valence-corrected chi connectivity index (χ1v) is 7.05. The standard InChI is InChI=1S/C13H15BrN2O4/c1-13(18)5-2-6-15(8-13)12(17)10-7-9(16(19)20)3-4-11(10)14/h3-4,7,18H,2,5-6,8H2,1H3. The van der Waals surface area contributed by atoms with E-state index >= 15 is 0 Å². The summed E-state index contributed by atoms with van der Waals surface area (Å²) in [5, 5.41) is 20.8. The molecule has 0 aromatic heterocycles. The molecule has 7 heteroatoms. The molecule has 1 unspecified atom stereocenters. The molecule has 108 valence electrons. The van der Waals surface area contributed by atoms with Crippen molar-refractivity contribution < 1.29 is 14.8 Å². The zero-order chi connectivity index (χ0) is 14.9. The first-order chi connectivity index (χ1) is 9.30. The monoisotopic (exact) mass is 342 g/mol. The minimum atomic E-state index is -0.902. The molecule has 1 aromatic rings. The van der Waals surface area contributed by atoms with Gasteiger partial charge in [-0.3, -0.25) is 14.9 Å². The Bertz CT molecular complexity index is 559. The Morgan fingerprint density at radius 2 is 2.25 bits per heavy atom. The molecular weight excluding hydrogens is 328 g/mol. The fourth-order valence-corrected chi connectivity index (χ4v) is 2.77. The summed E-state index contributed by atoms with van der Waals surface area (Å²) in [7, 11) is 0. The molecule has 1 N–H and O–H groups in total. The molecule has 0 aliphatic carbocycles. The van der Waals surface area contributed by atoms with Gasteiger partial charge in [-0.1, -0.05) is 0 Å². The molecule has 2 rings (SSSR count). The highest BCUT2D eigenvalue weighted by molar-refractivity contribution is 9.10. The van der Waals surface area contributed by atoms with E-state index in [1.807, 2.05) is 0 Å². The van der Waals surface area contributed by atoms with Gasteiger partial charge < -0.3 is 10.0 Å². The summed E-state index contributed by atoms with van der Waals surface area (Å²) in [5.74, 6) is -0.305. The van der Waals surface area contributed by atoms with Crippen LogP contribution in [0.25, 0.3) is 0 Å². The van der Waals surface area contributed by atoms with Gasteiger partial charge in [0.2, 0.25) is 0 Å². The zero-order valence-electron chi connectivity index (χ0n) is 11.0. The number of nitro groups is 1. The lowest BCUT2D eigenvalue weighted by Gasteiger charge is -2.37. The van der Waals surface area contributed by atoms with Crippen molar-refractivity contribution in [1.82, 2.24) is 4.90 Å². The lowest BCUT2D eigenvalue weighted by atomic mass is 9.94. The Hall–Kier alpha value is -1.47. The van der Waals surface area contributed by atoms with Crippen LogP contribution in [0.4, 0.5) is 5.69 Å². The van der Waals surface area contributed by atoms with Crippen LogP contribution in [0.2, 0.25) is 0 Å². The Balaban J connectivity index is 2.29. The number of rotatable bonds is 2. The van der Waals surface area contributed by atoms with E-state index < -0.39 is 10.5 Å². The van der Waals surface area contributed by atoms with Gasteiger partial charge in [0.15, 0.2) is 0 Å². The minimum Gasteiger partial charge on any atom is -0.388 e. The molecule has 1 atom stereocenters. The molecule has 1 fully saturated rings. The highest BCUT2D eigenvalue weighted by Crippen LogP contribution is 2.27. The van der Waals surface area contributed by atoms with Crippen molar-refractivity contribution in [2.45, 2.75) is 25.4 Å². The van der Waals surface area contributed by atoms with E-state index in [2.05, 4.69) is 15.9 Å². The number of benzene rings is 1.